The minimum absolute atomic E-state index is 0.0103. The van der Waals surface area contributed by atoms with Crippen molar-refractivity contribution in [1.82, 2.24) is 9.55 Å². The van der Waals surface area contributed by atoms with E-state index in [-0.39, 0.29) is 23.8 Å². The molecule has 1 aliphatic rings. The number of rotatable bonds is 7. The molecule has 0 saturated carbocycles. The third kappa shape index (κ3) is 4.46. The smallest absolute Gasteiger partial charge is 0.262 e. The van der Waals surface area contributed by atoms with E-state index in [9.17, 15) is 14.4 Å². The van der Waals surface area contributed by atoms with Gasteiger partial charge in [-0.05, 0) is 49.4 Å². The number of hydrogen-bond donors (Lipinski definition) is 2. The van der Waals surface area contributed by atoms with E-state index in [4.69, 9.17) is 17.3 Å². The van der Waals surface area contributed by atoms with Crippen LogP contribution in [0.1, 0.15) is 33.6 Å². The monoisotopic (exact) mass is 488 g/mol. The Labute approximate surface area is 197 Å². The highest BCUT2D eigenvalue weighted by Crippen LogP contribution is 2.38. The number of benzene rings is 1. The summed E-state index contributed by atoms with van der Waals surface area (Å²) in [5.41, 5.74) is 7.23. The quantitative estimate of drug-likeness (QED) is 0.297. The van der Waals surface area contributed by atoms with Crippen LogP contribution in [0.25, 0.3) is 10.9 Å². The van der Waals surface area contributed by atoms with E-state index < -0.39 is 5.91 Å². The van der Waals surface area contributed by atoms with Crippen molar-refractivity contribution in [2.24, 2.45) is 5.73 Å². The number of allylic oxidation sites excluding steroid dienone is 1. The summed E-state index contributed by atoms with van der Waals surface area (Å²) < 4.78 is 1.47. The van der Waals surface area contributed by atoms with Crippen molar-refractivity contribution >= 4 is 62.4 Å². The summed E-state index contributed by atoms with van der Waals surface area (Å²) in [6, 6.07) is 4.90. The summed E-state index contributed by atoms with van der Waals surface area (Å²) in [6.07, 6.45) is 5.36. The molecule has 0 spiro atoms. The molecule has 0 atom stereocenters. The highest BCUT2D eigenvalue weighted by molar-refractivity contribution is 7.99. The van der Waals surface area contributed by atoms with Crippen molar-refractivity contribution in [3.05, 3.63) is 62.2 Å². The predicted molar refractivity (Wildman–Crippen MR) is 130 cm³/mol. The predicted octanol–water partition coefficient (Wildman–Crippen LogP) is 4.01. The third-order valence-corrected chi connectivity index (χ3v) is 7.62. The minimum atomic E-state index is -0.528. The molecule has 166 valence electrons. The van der Waals surface area contributed by atoms with E-state index in [1.54, 1.807) is 24.3 Å². The van der Waals surface area contributed by atoms with Crippen LogP contribution < -0.4 is 16.6 Å². The highest BCUT2D eigenvalue weighted by Gasteiger charge is 2.25. The molecule has 7 nitrogen and oxygen atoms in total. The maximum atomic E-state index is 12.9. The highest BCUT2D eigenvalue weighted by atomic mass is 35.5. The molecular formula is C22H21ClN4O3S2. The fourth-order valence-electron chi connectivity index (χ4n) is 3.78. The number of hydrogen-bond acceptors (Lipinski definition) is 6. The summed E-state index contributed by atoms with van der Waals surface area (Å²) in [4.78, 5) is 43.3. The number of halogens is 1. The lowest BCUT2D eigenvalue weighted by atomic mass is 9.95. The van der Waals surface area contributed by atoms with Gasteiger partial charge in [-0.15, -0.1) is 17.9 Å². The van der Waals surface area contributed by atoms with Gasteiger partial charge in [0.15, 0.2) is 5.16 Å². The van der Waals surface area contributed by atoms with Gasteiger partial charge in [-0.25, -0.2) is 4.98 Å². The summed E-state index contributed by atoms with van der Waals surface area (Å²) in [6.45, 7) is 3.96. The number of nitrogens with one attached hydrogen (secondary N) is 1. The van der Waals surface area contributed by atoms with Gasteiger partial charge >= 0.3 is 0 Å². The molecule has 4 rings (SSSR count). The number of nitrogens with zero attached hydrogens (tertiary/aromatic N) is 2. The molecule has 10 heteroatoms. The minimum Gasteiger partial charge on any atom is -0.365 e. The molecule has 0 aliphatic heterocycles. The number of thioether (sulfide) groups is 1. The Morgan fingerprint density at radius 2 is 2.12 bits per heavy atom. The van der Waals surface area contributed by atoms with Crippen LogP contribution in [0, 0.1) is 0 Å². The Morgan fingerprint density at radius 3 is 2.88 bits per heavy atom. The number of amides is 2. The maximum Gasteiger partial charge on any atom is 0.262 e. The molecule has 0 unspecified atom stereocenters. The SMILES string of the molecule is C=CCn1c(SCC(=O)Nc2sc3c(c2C(N)=O)CCCC3)nc2cc(Cl)ccc2c1=O. The summed E-state index contributed by atoms with van der Waals surface area (Å²) in [7, 11) is 0. The molecule has 1 aromatic carbocycles. The molecule has 0 bridgehead atoms. The molecule has 2 heterocycles. The average molecular weight is 489 g/mol. The van der Waals surface area contributed by atoms with E-state index >= 15 is 0 Å². The van der Waals surface area contributed by atoms with E-state index in [1.807, 2.05) is 0 Å². The number of carbonyl (C=O) groups is 2. The van der Waals surface area contributed by atoms with Crippen LogP contribution in [0.5, 0.6) is 0 Å². The molecule has 2 aromatic heterocycles. The van der Waals surface area contributed by atoms with Crippen LogP contribution in [0.15, 0.2) is 40.8 Å². The first kappa shape index (κ1) is 22.6. The fraction of sp³-hybridized carbons (Fsp3) is 0.273. The first-order valence-corrected chi connectivity index (χ1v) is 12.2. The van der Waals surface area contributed by atoms with Crippen LogP contribution in [-0.4, -0.2) is 27.1 Å². The first-order valence-electron chi connectivity index (χ1n) is 10.1. The Balaban J connectivity index is 1.58. The fourth-order valence-corrected chi connectivity index (χ4v) is 6.07. The van der Waals surface area contributed by atoms with Gasteiger partial charge in [-0.3, -0.25) is 19.0 Å². The third-order valence-electron chi connectivity index (χ3n) is 5.20. The second kappa shape index (κ2) is 9.48. The number of carbonyl (C=O) groups excluding carboxylic acids is 2. The Morgan fingerprint density at radius 1 is 1.34 bits per heavy atom. The number of thiophene rings is 1. The molecule has 0 fully saturated rings. The standard InChI is InChI=1S/C22H21ClN4O3S2/c1-2-9-27-21(30)13-8-7-12(23)10-15(13)25-22(27)31-11-17(28)26-20-18(19(24)29)14-5-3-4-6-16(14)32-20/h2,7-8,10H,1,3-6,9,11H2,(H2,24,29)(H,26,28). The van der Waals surface area contributed by atoms with Crippen LogP contribution >= 0.6 is 34.7 Å². The lowest BCUT2D eigenvalue weighted by molar-refractivity contribution is -0.113. The molecule has 32 heavy (non-hydrogen) atoms. The summed E-state index contributed by atoms with van der Waals surface area (Å²) in [5, 5.41) is 4.64. The number of aromatic nitrogens is 2. The molecule has 2 amide bonds. The number of anilines is 1. The zero-order chi connectivity index (χ0) is 22.8. The number of fused-ring (bicyclic) bond motifs is 2. The van der Waals surface area contributed by atoms with Crippen molar-refractivity contribution in [3.63, 3.8) is 0 Å². The first-order chi connectivity index (χ1) is 15.4. The van der Waals surface area contributed by atoms with Crippen molar-refractivity contribution < 1.29 is 9.59 Å². The van der Waals surface area contributed by atoms with E-state index in [0.29, 0.717) is 31.6 Å². The molecule has 3 aromatic rings. The topological polar surface area (TPSA) is 107 Å². The summed E-state index contributed by atoms with van der Waals surface area (Å²) in [5.74, 6) is -0.821. The second-order valence-electron chi connectivity index (χ2n) is 7.38. The second-order valence-corrected chi connectivity index (χ2v) is 9.86. The van der Waals surface area contributed by atoms with Gasteiger partial charge in [0.2, 0.25) is 5.91 Å². The number of aryl methyl sites for hydroxylation is 1. The zero-order valence-corrected chi connectivity index (χ0v) is 19.5. The van der Waals surface area contributed by atoms with Gasteiger partial charge in [0.25, 0.3) is 11.5 Å². The lowest BCUT2D eigenvalue weighted by Crippen LogP contribution is -2.24. The normalized spacial score (nSPS) is 13.0. The number of primary amides is 1. The van der Waals surface area contributed by atoms with Gasteiger partial charge < -0.3 is 11.1 Å². The molecule has 0 radical (unpaired) electrons. The van der Waals surface area contributed by atoms with Crippen molar-refractivity contribution in [3.8, 4) is 0 Å². The molecule has 3 N–H and O–H groups in total. The average Bonchev–Trinajstić information content (AvgIpc) is 3.12. The summed E-state index contributed by atoms with van der Waals surface area (Å²) >= 11 is 8.61. The van der Waals surface area contributed by atoms with E-state index in [2.05, 4.69) is 16.9 Å². The van der Waals surface area contributed by atoms with Crippen molar-refractivity contribution in [1.29, 1.82) is 0 Å². The Hall–Kier alpha value is -2.62. The zero-order valence-electron chi connectivity index (χ0n) is 17.2. The van der Waals surface area contributed by atoms with Crippen molar-refractivity contribution in [2.75, 3.05) is 11.1 Å². The van der Waals surface area contributed by atoms with Gasteiger partial charge in [0, 0.05) is 16.4 Å². The van der Waals surface area contributed by atoms with Gasteiger partial charge in [-0.2, -0.15) is 0 Å². The van der Waals surface area contributed by atoms with Crippen LogP contribution in [0.2, 0.25) is 5.02 Å². The Kier molecular flexibility index (Phi) is 6.68. The van der Waals surface area contributed by atoms with Gasteiger partial charge in [0.05, 0.1) is 22.2 Å². The molecule has 0 saturated heterocycles. The molecular weight excluding hydrogens is 468 g/mol. The van der Waals surface area contributed by atoms with Gasteiger partial charge in [0.1, 0.15) is 5.00 Å². The number of nitrogens with two attached hydrogens (primary N) is 1. The van der Waals surface area contributed by atoms with Crippen LogP contribution in [0.3, 0.4) is 0 Å². The van der Waals surface area contributed by atoms with E-state index in [1.165, 1.54) is 15.9 Å². The Bertz CT molecular complexity index is 1300. The lowest BCUT2D eigenvalue weighted by Gasteiger charge is -2.12. The molecule has 1 aliphatic carbocycles. The van der Waals surface area contributed by atoms with Crippen molar-refractivity contribution in [2.45, 2.75) is 37.4 Å². The van der Waals surface area contributed by atoms with Gasteiger partial charge in [-0.1, -0.05) is 29.4 Å². The van der Waals surface area contributed by atoms with Crippen LogP contribution in [-0.2, 0) is 24.2 Å². The largest absolute Gasteiger partial charge is 0.365 e. The maximum absolute atomic E-state index is 12.9. The van der Waals surface area contributed by atoms with Crippen LogP contribution in [0.4, 0.5) is 5.00 Å². The van der Waals surface area contributed by atoms with E-state index in [0.717, 1.165) is 47.9 Å².